The molecule has 3 heteroatoms. The maximum absolute atomic E-state index is 4.36. The van der Waals surface area contributed by atoms with Gasteiger partial charge in [-0.1, -0.05) is 43.5 Å². The van der Waals surface area contributed by atoms with Crippen molar-refractivity contribution in [3.05, 3.63) is 71.7 Å². The van der Waals surface area contributed by atoms with Crippen molar-refractivity contribution in [1.29, 1.82) is 0 Å². The van der Waals surface area contributed by atoms with Crippen molar-refractivity contribution in [3.8, 4) is 0 Å². The number of nitrogens with one attached hydrogen (secondary N) is 1. The van der Waals surface area contributed by atoms with Gasteiger partial charge in [-0.3, -0.25) is 0 Å². The summed E-state index contributed by atoms with van der Waals surface area (Å²) in [6, 6.07) is 14.8. The maximum Gasteiger partial charge on any atom is 0.0829 e. The summed E-state index contributed by atoms with van der Waals surface area (Å²) in [4.78, 5) is 3.44. The van der Waals surface area contributed by atoms with Gasteiger partial charge in [0, 0.05) is 19.9 Å². The first-order valence-corrected chi connectivity index (χ1v) is 6.88. The second-order valence-corrected chi connectivity index (χ2v) is 4.96. The zero-order valence-electron chi connectivity index (χ0n) is 10.4. The summed E-state index contributed by atoms with van der Waals surface area (Å²) in [5.74, 6) is 0. The highest BCUT2D eigenvalue weighted by Gasteiger charge is 2.04. The summed E-state index contributed by atoms with van der Waals surface area (Å²) in [7, 11) is 0. The van der Waals surface area contributed by atoms with E-state index in [1.54, 1.807) is 0 Å². The highest BCUT2D eigenvalue weighted by atomic mass is 127. The SMILES string of the molecule is C=COC=C.Ic1cccc2c1[nH]c1ccccc12. The van der Waals surface area contributed by atoms with E-state index in [-0.39, 0.29) is 0 Å². The summed E-state index contributed by atoms with van der Waals surface area (Å²) in [6.45, 7) is 6.51. The average Bonchev–Trinajstić information content (AvgIpc) is 2.81. The molecule has 19 heavy (non-hydrogen) atoms. The molecule has 1 N–H and O–H groups in total. The molecule has 3 rings (SSSR count). The van der Waals surface area contributed by atoms with Crippen LogP contribution >= 0.6 is 22.6 Å². The van der Waals surface area contributed by atoms with Crippen LogP contribution in [-0.2, 0) is 4.74 Å². The monoisotopic (exact) mass is 363 g/mol. The van der Waals surface area contributed by atoms with E-state index < -0.39 is 0 Å². The van der Waals surface area contributed by atoms with Gasteiger partial charge in [-0.25, -0.2) is 0 Å². The van der Waals surface area contributed by atoms with Crippen molar-refractivity contribution in [2.75, 3.05) is 0 Å². The van der Waals surface area contributed by atoms with E-state index in [0.29, 0.717) is 0 Å². The van der Waals surface area contributed by atoms with E-state index in [0.717, 1.165) is 0 Å². The topological polar surface area (TPSA) is 25.0 Å². The maximum atomic E-state index is 4.36. The summed E-state index contributed by atoms with van der Waals surface area (Å²) in [5.41, 5.74) is 2.46. The molecule has 3 aromatic rings. The second kappa shape index (κ2) is 6.43. The Morgan fingerprint density at radius 3 is 2.32 bits per heavy atom. The predicted molar refractivity (Wildman–Crippen MR) is 90.0 cm³/mol. The van der Waals surface area contributed by atoms with Crippen molar-refractivity contribution in [3.63, 3.8) is 0 Å². The number of aromatic amines is 1. The van der Waals surface area contributed by atoms with Crippen LogP contribution in [0.5, 0.6) is 0 Å². The molecule has 0 spiro atoms. The number of benzene rings is 2. The Labute approximate surface area is 125 Å². The van der Waals surface area contributed by atoms with Gasteiger partial charge in [0.25, 0.3) is 0 Å². The lowest BCUT2D eigenvalue weighted by molar-refractivity contribution is 0.406. The number of aromatic nitrogens is 1. The van der Waals surface area contributed by atoms with E-state index in [2.05, 4.69) is 87.9 Å². The van der Waals surface area contributed by atoms with Gasteiger partial charge in [0.1, 0.15) is 0 Å². The predicted octanol–water partition coefficient (Wildman–Crippen LogP) is 5.22. The quantitative estimate of drug-likeness (QED) is 0.490. The van der Waals surface area contributed by atoms with Crippen LogP contribution in [0.25, 0.3) is 21.8 Å². The minimum absolute atomic E-state index is 1.21. The fourth-order valence-corrected chi connectivity index (χ4v) is 2.54. The average molecular weight is 363 g/mol. The van der Waals surface area contributed by atoms with Gasteiger partial charge < -0.3 is 9.72 Å². The van der Waals surface area contributed by atoms with Crippen LogP contribution in [0.4, 0.5) is 0 Å². The van der Waals surface area contributed by atoms with Gasteiger partial charge in [-0.05, 0) is 34.7 Å². The van der Waals surface area contributed by atoms with Crippen molar-refractivity contribution >= 4 is 44.4 Å². The molecule has 0 atom stereocenters. The number of fused-ring (bicyclic) bond motifs is 3. The van der Waals surface area contributed by atoms with Crippen molar-refractivity contribution < 1.29 is 4.74 Å². The van der Waals surface area contributed by atoms with E-state index in [4.69, 9.17) is 0 Å². The minimum atomic E-state index is 1.21. The molecule has 0 aliphatic carbocycles. The van der Waals surface area contributed by atoms with Gasteiger partial charge >= 0.3 is 0 Å². The molecule has 0 bridgehead atoms. The molecule has 0 aliphatic heterocycles. The van der Waals surface area contributed by atoms with Crippen LogP contribution < -0.4 is 0 Å². The molecule has 2 aromatic carbocycles. The Kier molecular flexibility index (Phi) is 4.63. The Bertz CT molecular complexity index is 709. The molecule has 0 saturated heterocycles. The molecule has 0 fully saturated rings. The van der Waals surface area contributed by atoms with E-state index in [1.807, 2.05) is 0 Å². The Hall–Kier alpha value is -1.75. The number of halogens is 1. The Balaban J connectivity index is 0.000000232. The Morgan fingerprint density at radius 2 is 1.63 bits per heavy atom. The highest BCUT2D eigenvalue weighted by Crippen LogP contribution is 2.27. The zero-order valence-corrected chi connectivity index (χ0v) is 12.6. The molecule has 96 valence electrons. The first-order valence-electron chi connectivity index (χ1n) is 5.80. The van der Waals surface area contributed by atoms with Crippen LogP contribution in [0.3, 0.4) is 0 Å². The largest absolute Gasteiger partial charge is 0.474 e. The van der Waals surface area contributed by atoms with Gasteiger partial charge in [-0.15, -0.1) is 0 Å². The fraction of sp³-hybridized carbons (Fsp3) is 0. The minimum Gasteiger partial charge on any atom is -0.474 e. The molecule has 0 unspecified atom stereocenters. The van der Waals surface area contributed by atoms with Crippen molar-refractivity contribution in [1.82, 2.24) is 4.98 Å². The van der Waals surface area contributed by atoms with Crippen LogP contribution in [0.1, 0.15) is 0 Å². The summed E-state index contributed by atoms with van der Waals surface area (Å²) >= 11 is 2.36. The van der Waals surface area contributed by atoms with E-state index in [1.165, 1.54) is 37.9 Å². The van der Waals surface area contributed by atoms with Gasteiger partial charge in [0.2, 0.25) is 0 Å². The van der Waals surface area contributed by atoms with Crippen LogP contribution in [0.15, 0.2) is 68.1 Å². The van der Waals surface area contributed by atoms with Gasteiger partial charge in [0.15, 0.2) is 0 Å². The molecule has 0 aliphatic rings. The highest BCUT2D eigenvalue weighted by molar-refractivity contribution is 14.1. The molecular weight excluding hydrogens is 349 g/mol. The molecule has 0 radical (unpaired) electrons. The smallest absolute Gasteiger partial charge is 0.0829 e. The number of rotatable bonds is 2. The molecule has 1 aromatic heterocycles. The molecular formula is C16H14INO. The fourth-order valence-electron chi connectivity index (χ4n) is 1.91. The normalized spacial score (nSPS) is 9.74. The van der Waals surface area contributed by atoms with Crippen molar-refractivity contribution in [2.45, 2.75) is 0 Å². The summed E-state index contributed by atoms with van der Waals surface area (Å²) in [6.07, 6.45) is 2.62. The number of H-pyrrole nitrogens is 1. The zero-order chi connectivity index (χ0) is 13.7. The summed E-state index contributed by atoms with van der Waals surface area (Å²) < 4.78 is 5.64. The lowest BCUT2D eigenvalue weighted by Gasteiger charge is -1.92. The first kappa shape index (κ1) is 13.7. The lowest BCUT2D eigenvalue weighted by Crippen LogP contribution is -1.72. The van der Waals surface area contributed by atoms with Crippen molar-refractivity contribution in [2.24, 2.45) is 0 Å². The van der Waals surface area contributed by atoms with Crippen LogP contribution in [0, 0.1) is 3.57 Å². The lowest BCUT2D eigenvalue weighted by atomic mass is 10.2. The molecule has 1 heterocycles. The number of hydrogen-bond donors (Lipinski definition) is 1. The van der Waals surface area contributed by atoms with Crippen LogP contribution in [0.2, 0.25) is 0 Å². The number of ether oxygens (including phenoxy) is 1. The Morgan fingerprint density at radius 1 is 0.947 bits per heavy atom. The van der Waals surface area contributed by atoms with E-state index in [9.17, 15) is 0 Å². The van der Waals surface area contributed by atoms with Crippen LogP contribution in [-0.4, -0.2) is 4.98 Å². The number of hydrogen-bond acceptors (Lipinski definition) is 1. The molecule has 2 nitrogen and oxygen atoms in total. The summed E-state index contributed by atoms with van der Waals surface area (Å²) in [5, 5.41) is 2.62. The van der Waals surface area contributed by atoms with Gasteiger partial charge in [0.05, 0.1) is 18.0 Å². The molecule has 0 saturated carbocycles. The second-order valence-electron chi connectivity index (χ2n) is 3.80. The number of para-hydroxylation sites is 2. The first-order chi connectivity index (χ1) is 9.27. The standard InChI is InChI=1S/C12H8IN.C4H6O/c13-10-6-3-5-9-8-4-1-2-7-11(8)14-12(9)10;1-3-5-4-2/h1-7,14H;3-4H,1-2H2. The van der Waals surface area contributed by atoms with Gasteiger partial charge in [-0.2, -0.15) is 0 Å². The molecule has 0 amide bonds. The third-order valence-electron chi connectivity index (χ3n) is 2.68. The van der Waals surface area contributed by atoms with E-state index >= 15 is 0 Å². The third kappa shape index (κ3) is 2.98. The third-order valence-corrected chi connectivity index (χ3v) is 3.58.